The number of hydrogen-bond donors (Lipinski definition) is 2. The molecule has 0 radical (unpaired) electrons. The average molecular weight is 290 g/mol. The summed E-state index contributed by atoms with van der Waals surface area (Å²) in [5.74, 6) is 0. The van der Waals surface area contributed by atoms with Crippen molar-refractivity contribution in [1.29, 1.82) is 0 Å². The van der Waals surface area contributed by atoms with Crippen LogP contribution in [0.15, 0.2) is 52.3 Å². The van der Waals surface area contributed by atoms with Crippen LogP contribution in [0.3, 0.4) is 0 Å². The molecule has 1 aliphatic rings. The number of benzene rings is 1. The first-order chi connectivity index (χ1) is 9.56. The highest BCUT2D eigenvalue weighted by Gasteiger charge is 2.27. The van der Waals surface area contributed by atoms with Gasteiger partial charge in [-0.25, -0.2) is 13.1 Å². The van der Waals surface area contributed by atoms with Crippen LogP contribution in [0.25, 0.3) is 0 Å². The number of rotatable bonds is 3. The lowest BCUT2D eigenvalue weighted by atomic mass is 10.1. The fourth-order valence-electron chi connectivity index (χ4n) is 2.50. The first kappa shape index (κ1) is 13.1. The van der Waals surface area contributed by atoms with Crippen molar-refractivity contribution in [3.05, 3.63) is 64.1 Å². The maximum atomic E-state index is 12.3. The van der Waals surface area contributed by atoms with E-state index in [1.807, 2.05) is 24.3 Å². The van der Waals surface area contributed by atoms with E-state index in [1.54, 1.807) is 0 Å². The largest absolute Gasteiger partial charge is 0.328 e. The van der Waals surface area contributed by atoms with Gasteiger partial charge in [0, 0.05) is 18.3 Å². The summed E-state index contributed by atoms with van der Waals surface area (Å²) in [4.78, 5) is 13.4. The molecule has 104 valence electrons. The zero-order valence-electron chi connectivity index (χ0n) is 10.7. The zero-order chi connectivity index (χ0) is 14.2. The SMILES string of the molecule is O=c1ccc(S(=O)(=O)NC2CCc3ccccc32)c[nH]1. The Hall–Kier alpha value is -1.92. The molecular formula is C14H14N2O3S. The van der Waals surface area contributed by atoms with Gasteiger partial charge in [-0.2, -0.15) is 0 Å². The Balaban J connectivity index is 1.88. The lowest BCUT2D eigenvalue weighted by Crippen LogP contribution is -2.27. The first-order valence-corrected chi connectivity index (χ1v) is 7.83. The van der Waals surface area contributed by atoms with Crippen molar-refractivity contribution in [2.75, 3.05) is 0 Å². The maximum Gasteiger partial charge on any atom is 0.247 e. The van der Waals surface area contributed by atoms with Crippen molar-refractivity contribution < 1.29 is 8.42 Å². The molecule has 0 amide bonds. The highest BCUT2D eigenvalue weighted by molar-refractivity contribution is 7.89. The van der Waals surface area contributed by atoms with Crippen LogP contribution in [0.1, 0.15) is 23.6 Å². The molecule has 1 aromatic carbocycles. The summed E-state index contributed by atoms with van der Waals surface area (Å²) in [6.45, 7) is 0. The van der Waals surface area contributed by atoms with Crippen molar-refractivity contribution in [2.45, 2.75) is 23.8 Å². The Morgan fingerprint density at radius 3 is 2.70 bits per heavy atom. The molecule has 0 saturated carbocycles. The van der Waals surface area contributed by atoms with Gasteiger partial charge in [-0.15, -0.1) is 0 Å². The number of nitrogens with one attached hydrogen (secondary N) is 2. The standard InChI is InChI=1S/C14H14N2O3S/c17-14-8-6-11(9-15-14)20(18,19)16-13-7-5-10-3-1-2-4-12(10)13/h1-4,6,8-9,13,16H,5,7H2,(H,15,17). The van der Waals surface area contributed by atoms with Crippen molar-refractivity contribution in [3.8, 4) is 0 Å². The summed E-state index contributed by atoms with van der Waals surface area (Å²) in [6, 6.07) is 10.1. The smallest absolute Gasteiger partial charge is 0.247 e. The average Bonchev–Trinajstić information content (AvgIpc) is 2.82. The molecule has 20 heavy (non-hydrogen) atoms. The molecular weight excluding hydrogens is 276 g/mol. The predicted molar refractivity (Wildman–Crippen MR) is 74.9 cm³/mol. The maximum absolute atomic E-state index is 12.3. The molecule has 5 nitrogen and oxygen atoms in total. The van der Waals surface area contributed by atoms with E-state index in [-0.39, 0.29) is 16.5 Å². The minimum atomic E-state index is -3.62. The van der Waals surface area contributed by atoms with Gasteiger partial charge in [0.1, 0.15) is 0 Å². The van der Waals surface area contributed by atoms with E-state index in [1.165, 1.54) is 23.9 Å². The number of H-pyrrole nitrogens is 1. The second kappa shape index (κ2) is 4.88. The van der Waals surface area contributed by atoms with Gasteiger partial charge in [0.2, 0.25) is 15.6 Å². The van der Waals surface area contributed by atoms with Crippen molar-refractivity contribution in [3.63, 3.8) is 0 Å². The summed E-state index contributed by atoms with van der Waals surface area (Å²) in [5.41, 5.74) is 1.89. The van der Waals surface area contributed by atoms with Gasteiger partial charge in [0.05, 0.1) is 4.90 Å². The Morgan fingerprint density at radius 2 is 1.95 bits per heavy atom. The molecule has 2 aromatic rings. The van der Waals surface area contributed by atoms with Crippen LogP contribution < -0.4 is 10.3 Å². The van der Waals surface area contributed by atoms with E-state index in [4.69, 9.17) is 0 Å². The van der Waals surface area contributed by atoms with Gasteiger partial charge in [0.25, 0.3) is 0 Å². The number of aryl methyl sites for hydroxylation is 1. The molecule has 1 unspecified atom stereocenters. The van der Waals surface area contributed by atoms with Gasteiger partial charge in [0.15, 0.2) is 0 Å². The molecule has 1 aliphatic carbocycles. The van der Waals surface area contributed by atoms with Crippen molar-refractivity contribution in [1.82, 2.24) is 9.71 Å². The number of aromatic amines is 1. The number of aromatic nitrogens is 1. The van der Waals surface area contributed by atoms with Gasteiger partial charge in [-0.3, -0.25) is 4.79 Å². The third-order valence-electron chi connectivity index (χ3n) is 3.50. The molecule has 0 bridgehead atoms. The van der Waals surface area contributed by atoms with Crippen LogP contribution in [0.5, 0.6) is 0 Å². The summed E-state index contributed by atoms with van der Waals surface area (Å²) < 4.78 is 27.2. The highest BCUT2D eigenvalue weighted by atomic mass is 32.2. The number of pyridine rings is 1. The Labute approximate surface area is 116 Å². The molecule has 0 fully saturated rings. The van der Waals surface area contributed by atoms with Gasteiger partial charge >= 0.3 is 0 Å². The number of hydrogen-bond acceptors (Lipinski definition) is 3. The van der Waals surface area contributed by atoms with Crippen molar-refractivity contribution in [2.24, 2.45) is 0 Å². The van der Waals surface area contributed by atoms with E-state index in [9.17, 15) is 13.2 Å². The van der Waals surface area contributed by atoms with Crippen LogP contribution in [-0.4, -0.2) is 13.4 Å². The minimum Gasteiger partial charge on any atom is -0.328 e. The Kier molecular flexibility index (Phi) is 3.19. The molecule has 2 N–H and O–H groups in total. The van der Waals surface area contributed by atoms with Gasteiger partial charge < -0.3 is 4.98 Å². The first-order valence-electron chi connectivity index (χ1n) is 6.35. The number of fused-ring (bicyclic) bond motifs is 1. The summed E-state index contributed by atoms with van der Waals surface area (Å²) in [7, 11) is -3.62. The molecule has 3 rings (SSSR count). The summed E-state index contributed by atoms with van der Waals surface area (Å²) in [5, 5.41) is 0. The van der Waals surface area contributed by atoms with Gasteiger partial charge in [-0.1, -0.05) is 24.3 Å². The molecule has 0 aliphatic heterocycles. The molecule has 1 aromatic heterocycles. The highest BCUT2D eigenvalue weighted by Crippen LogP contribution is 2.31. The normalized spacial score (nSPS) is 17.9. The second-order valence-electron chi connectivity index (χ2n) is 4.80. The van der Waals surface area contributed by atoms with E-state index < -0.39 is 10.0 Å². The lowest BCUT2D eigenvalue weighted by Gasteiger charge is -2.14. The number of sulfonamides is 1. The van der Waals surface area contributed by atoms with Crippen LogP contribution >= 0.6 is 0 Å². The zero-order valence-corrected chi connectivity index (χ0v) is 11.5. The quantitative estimate of drug-likeness (QED) is 0.895. The third-order valence-corrected chi connectivity index (χ3v) is 4.97. The van der Waals surface area contributed by atoms with Gasteiger partial charge in [-0.05, 0) is 30.0 Å². The van der Waals surface area contributed by atoms with E-state index >= 15 is 0 Å². The minimum absolute atomic E-state index is 0.0708. The molecule has 0 saturated heterocycles. The lowest BCUT2D eigenvalue weighted by molar-refractivity contribution is 0.554. The monoisotopic (exact) mass is 290 g/mol. The van der Waals surface area contributed by atoms with E-state index in [0.29, 0.717) is 0 Å². The second-order valence-corrected chi connectivity index (χ2v) is 6.51. The van der Waals surface area contributed by atoms with Crippen LogP contribution in [0, 0.1) is 0 Å². The molecule has 0 spiro atoms. The molecule has 1 heterocycles. The fourth-order valence-corrected chi connectivity index (χ4v) is 3.72. The van der Waals surface area contributed by atoms with Crippen LogP contribution in [0.4, 0.5) is 0 Å². The van der Waals surface area contributed by atoms with Crippen LogP contribution in [0.2, 0.25) is 0 Å². The molecule has 6 heteroatoms. The Morgan fingerprint density at radius 1 is 1.15 bits per heavy atom. The van der Waals surface area contributed by atoms with E-state index in [2.05, 4.69) is 9.71 Å². The Bertz CT molecular complexity index is 776. The summed E-state index contributed by atoms with van der Waals surface area (Å²) >= 11 is 0. The van der Waals surface area contributed by atoms with Crippen molar-refractivity contribution >= 4 is 10.0 Å². The van der Waals surface area contributed by atoms with E-state index in [0.717, 1.165) is 18.4 Å². The molecule has 1 atom stereocenters. The fraction of sp³-hybridized carbons (Fsp3) is 0.214. The third kappa shape index (κ3) is 2.39. The van der Waals surface area contributed by atoms with Crippen LogP contribution in [-0.2, 0) is 16.4 Å². The predicted octanol–water partition coefficient (Wildman–Crippen LogP) is 1.34. The topological polar surface area (TPSA) is 79.0 Å². The summed E-state index contributed by atoms with van der Waals surface area (Å²) in [6.07, 6.45) is 2.84.